The second kappa shape index (κ2) is 4.97. The van der Waals surface area contributed by atoms with Crippen molar-refractivity contribution in [2.24, 2.45) is 11.8 Å². The molecule has 0 amide bonds. The van der Waals surface area contributed by atoms with Crippen LogP contribution in [0.25, 0.3) is 11.0 Å². The standard InChI is InChI=1S/C17H20N2O2/c1-11-2-3-15-12(5-17(20)21-16(15)4-11)8-19-9-13-6-18-7-14(13)10-19/h2-5,13-14,18H,6-10H2,1H3/t13-,14+. The van der Waals surface area contributed by atoms with Gasteiger partial charge in [0, 0.05) is 31.1 Å². The fourth-order valence-corrected chi connectivity index (χ4v) is 3.79. The van der Waals surface area contributed by atoms with E-state index in [1.165, 1.54) is 0 Å². The second-order valence-corrected chi connectivity index (χ2v) is 6.46. The fraction of sp³-hybridized carbons (Fsp3) is 0.471. The molecular formula is C17H20N2O2. The first-order valence-corrected chi connectivity index (χ1v) is 7.65. The average molecular weight is 284 g/mol. The van der Waals surface area contributed by atoms with Crippen molar-refractivity contribution in [1.82, 2.24) is 10.2 Å². The van der Waals surface area contributed by atoms with E-state index in [2.05, 4.69) is 22.3 Å². The van der Waals surface area contributed by atoms with Crippen molar-refractivity contribution in [1.29, 1.82) is 0 Å². The summed E-state index contributed by atoms with van der Waals surface area (Å²) in [5, 5.41) is 4.53. The van der Waals surface area contributed by atoms with Crippen LogP contribution in [0.1, 0.15) is 11.1 Å². The first kappa shape index (κ1) is 13.0. The Balaban J connectivity index is 1.66. The molecule has 2 aliphatic heterocycles. The molecule has 0 spiro atoms. The normalized spacial score (nSPS) is 25.6. The van der Waals surface area contributed by atoms with Crippen molar-refractivity contribution in [3.63, 3.8) is 0 Å². The Kier molecular flexibility index (Phi) is 3.08. The van der Waals surface area contributed by atoms with Crippen LogP contribution in [0.15, 0.2) is 33.5 Å². The summed E-state index contributed by atoms with van der Waals surface area (Å²) >= 11 is 0. The number of hydrogen-bond donors (Lipinski definition) is 1. The summed E-state index contributed by atoms with van der Waals surface area (Å²) in [6.45, 7) is 7.39. The molecule has 4 heteroatoms. The van der Waals surface area contributed by atoms with Crippen molar-refractivity contribution in [3.8, 4) is 0 Å². The molecule has 4 nitrogen and oxygen atoms in total. The van der Waals surface area contributed by atoms with Crippen LogP contribution in [0.3, 0.4) is 0 Å². The quantitative estimate of drug-likeness (QED) is 0.854. The molecule has 2 aromatic rings. The summed E-state index contributed by atoms with van der Waals surface area (Å²) in [7, 11) is 0. The Labute approximate surface area is 123 Å². The van der Waals surface area contributed by atoms with Crippen molar-refractivity contribution in [2.75, 3.05) is 26.2 Å². The highest BCUT2D eigenvalue weighted by Gasteiger charge is 2.35. The van der Waals surface area contributed by atoms with Crippen LogP contribution in [0.4, 0.5) is 0 Å². The van der Waals surface area contributed by atoms with E-state index < -0.39 is 0 Å². The van der Waals surface area contributed by atoms with E-state index >= 15 is 0 Å². The van der Waals surface area contributed by atoms with Gasteiger partial charge in [-0.05, 0) is 49.0 Å². The maximum atomic E-state index is 11.8. The van der Waals surface area contributed by atoms with Gasteiger partial charge in [0.05, 0.1) is 0 Å². The molecule has 2 atom stereocenters. The van der Waals surface area contributed by atoms with Gasteiger partial charge < -0.3 is 9.73 Å². The minimum atomic E-state index is -0.246. The van der Waals surface area contributed by atoms with Gasteiger partial charge in [0.15, 0.2) is 0 Å². The summed E-state index contributed by atoms with van der Waals surface area (Å²) < 4.78 is 5.34. The zero-order valence-corrected chi connectivity index (χ0v) is 12.3. The summed E-state index contributed by atoms with van der Waals surface area (Å²) in [5.41, 5.74) is 2.67. The minimum Gasteiger partial charge on any atom is -0.423 e. The lowest BCUT2D eigenvalue weighted by atomic mass is 10.0. The Morgan fingerprint density at radius 1 is 1.24 bits per heavy atom. The van der Waals surface area contributed by atoms with Crippen molar-refractivity contribution < 1.29 is 4.42 Å². The Hall–Kier alpha value is -1.65. The van der Waals surface area contributed by atoms with Crippen molar-refractivity contribution >= 4 is 11.0 Å². The maximum absolute atomic E-state index is 11.8. The van der Waals surface area contributed by atoms with E-state index in [1.54, 1.807) is 6.07 Å². The van der Waals surface area contributed by atoms with Crippen LogP contribution < -0.4 is 10.9 Å². The molecule has 21 heavy (non-hydrogen) atoms. The van der Waals surface area contributed by atoms with Gasteiger partial charge in [0.1, 0.15) is 5.58 Å². The van der Waals surface area contributed by atoms with Crippen LogP contribution >= 0.6 is 0 Å². The highest BCUT2D eigenvalue weighted by Crippen LogP contribution is 2.28. The number of hydrogen-bond acceptors (Lipinski definition) is 4. The number of benzene rings is 1. The molecule has 0 unspecified atom stereocenters. The van der Waals surface area contributed by atoms with Crippen molar-refractivity contribution in [2.45, 2.75) is 13.5 Å². The third-order valence-electron chi connectivity index (χ3n) is 4.84. The number of likely N-dealkylation sites (tertiary alicyclic amines) is 1. The molecule has 3 heterocycles. The molecule has 2 fully saturated rings. The molecular weight excluding hydrogens is 264 g/mol. The van der Waals surface area contributed by atoms with Crippen molar-refractivity contribution in [3.05, 3.63) is 45.8 Å². The third-order valence-corrected chi connectivity index (χ3v) is 4.84. The first-order chi connectivity index (χ1) is 10.2. The summed E-state index contributed by atoms with van der Waals surface area (Å²) in [6, 6.07) is 7.75. The Morgan fingerprint density at radius 3 is 2.76 bits per heavy atom. The molecule has 2 aliphatic rings. The monoisotopic (exact) mass is 284 g/mol. The summed E-state index contributed by atoms with van der Waals surface area (Å²) in [6.07, 6.45) is 0. The number of aryl methyl sites for hydroxylation is 1. The smallest absolute Gasteiger partial charge is 0.336 e. The Bertz CT molecular complexity index is 725. The lowest BCUT2D eigenvalue weighted by Crippen LogP contribution is -2.25. The van der Waals surface area contributed by atoms with E-state index in [-0.39, 0.29) is 5.63 Å². The van der Waals surface area contributed by atoms with Crippen LogP contribution in [-0.2, 0) is 6.54 Å². The molecule has 0 bridgehead atoms. The first-order valence-electron chi connectivity index (χ1n) is 7.65. The Morgan fingerprint density at radius 2 is 2.00 bits per heavy atom. The van der Waals surface area contributed by atoms with E-state index in [0.717, 1.165) is 61.1 Å². The predicted molar refractivity (Wildman–Crippen MR) is 82.3 cm³/mol. The minimum absolute atomic E-state index is 0.246. The summed E-state index contributed by atoms with van der Waals surface area (Å²) in [4.78, 5) is 14.3. The van der Waals surface area contributed by atoms with E-state index in [1.807, 2.05) is 13.0 Å². The van der Waals surface area contributed by atoms with E-state index in [4.69, 9.17) is 4.42 Å². The van der Waals surface area contributed by atoms with E-state index in [0.29, 0.717) is 5.58 Å². The van der Waals surface area contributed by atoms with Gasteiger partial charge in [-0.3, -0.25) is 4.90 Å². The molecule has 0 radical (unpaired) electrons. The zero-order valence-electron chi connectivity index (χ0n) is 12.3. The van der Waals surface area contributed by atoms with Crippen LogP contribution in [0.5, 0.6) is 0 Å². The lowest BCUT2D eigenvalue weighted by Gasteiger charge is -2.17. The predicted octanol–water partition coefficient (Wildman–Crippen LogP) is 1.75. The fourth-order valence-electron chi connectivity index (χ4n) is 3.79. The third kappa shape index (κ3) is 2.39. The van der Waals surface area contributed by atoms with Gasteiger partial charge in [0.25, 0.3) is 0 Å². The molecule has 110 valence electrons. The molecule has 1 aromatic heterocycles. The topological polar surface area (TPSA) is 45.5 Å². The molecule has 0 aliphatic carbocycles. The van der Waals surface area contributed by atoms with Gasteiger partial charge in [-0.2, -0.15) is 0 Å². The largest absolute Gasteiger partial charge is 0.423 e. The highest BCUT2D eigenvalue weighted by atomic mass is 16.4. The second-order valence-electron chi connectivity index (χ2n) is 6.46. The molecule has 0 saturated carbocycles. The van der Waals surface area contributed by atoms with E-state index in [9.17, 15) is 4.79 Å². The number of nitrogens with zero attached hydrogens (tertiary/aromatic N) is 1. The SMILES string of the molecule is Cc1ccc2c(CN3C[C@H]4CNC[C@H]4C3)cc(=O)oc2c1. The van der Waals surface area contributed by atoms with Gasteiger partial charge in [-0.1, -0.05) is 12.1 Å². The van der Waals surface area contributed by atoms with Gasteiger partial charge in [-0.15, -0.1) is 0 Å². The number of nitrogens with one attached hydrogen (secondary N) is 1. The van der Waals surface area contributed by atoms with Crippen LogP contribution in [0.2, 0.25) is 0 Å². The van der Waals surface area contributed by atoms with Gasteiger partial charge in [0.2, 0.25) is 0 Å². The van der Waals surface area contributed by atoms with Crippen LogP contribution in [0, 0.1) is 18.8 Å². The number of fused-ring (bicyclic) bond motifs is 2. The highest BCUT2D eigenvalue weighted by molar-refractivity contribution is 5.80. The van der Waals surface area contributed by atoms with Crippen LogP contribution in [-0.4, -0.2) is 31.1 Å². The maximum Gasteiger partial charge on any atom is 0.336 e. The zero-order chi connectivity index (χ0) is 14.4. The van der Waals surface area contributed by atoms with Gasteiger partial charge >= 0.3 is 5.63 Å². The molecule has 2 saturated heterocycles. The molecule has 1 aromatic carbocycles. The molecule has 4 rings (SSSR count). The summed E-state index contributed by atoms with van der Waals surface area (Å²) in [5.74, 6) is 1.55. The van der Waals surface area contributed by atoms with Gasteiger partial charge in [-0.25, -0.2) is 4.79 Å². The average Bonchev–Trinajstić information content (AvgIpc) is 2.98. The lowest BCUT2D eigenvalue weighted by molar-refractivity contribution is 0.306. The molecule has 1 N–H and O–H groups in total. The number of rotatable bonds is 2.